The third-order valence-electron chi connectivity index (χ3n) is 4.75. The van der Waals surface area contributed by atoms with E-state index in [0.29, 0.717) is 25.1 Å². The zero-order valence-corrected chi connectivity index (χ0v) is 13.4. The first-order valence-corrected chi connectivity index (χ1v) is 8.12. The molecular formula is C17H18F2N2O4. The number of nitrogens with one attached hydrogen (secondary N) is 1. The van der Waals surface area contributed by atoms with Crippen molar-refractivity contribution < 1.29 is 28.3 Å². The molecule has 2 aliphatic heterocycles. The first-order chi connectivity index (χ1) is 11.8. The molecule has 0 bridgehead atoms. The van der Waals surface area contributed by atoms with Gasteiger partial charge >= 0.3 is 5.97 Å². The van der Waals surface area contributed by atoms with Crippen LogP contribution in [0, 0.1) is 17.6 Å². The fourth-order valence-corrected chi connectivity index (χ4v) is 3.47. The number of carboxylic acids is 1. The number of nitrogens with zero attached hydrogens (tertiary/aromatic N) is 1. The van der Waals surface area contributed by atoms with Crippen molar-refractivity contribution in [3.05, 3.63) is 34.9 Å². The monoisotopic (exact) mass is 352 g/mol. The van der Waals surface area contributed by atoms with Crippen molar-refractivity contribution >= 4 is 17.8 Å². The molecule has 1 aromatic carbocycles. The van der Waals surface area contributed by atoms with Gasteiger partial charge in [-0.3, -0.25) is 24.6 Å². The Morgan fingerprint density at radius 3 is 2.48 bits per heavy atom. The summed E-state index contributed by atoms with van der Waals surface area (Å²) < 4.78 is 28.9. The lowest BCUT2D eigenvalue weighted by molar-refractivity contribution is -0.141. The van der Waals surface area contributed by atoms with Gasteiger partial charge in [0.15, 0.2) is 0 Å². The molecule has 1 aromatic rings. The smallest absolute Gasteiger partial charge is 0.307 e. The molecule has 2 N–H and O–H groups in total. The third kappa shape index (κ3) is 3.68. The average molecular weight is 352 g/mol. The first kappa shape index (κ1) is 17.5. The number of piperidine rings is 1. The van der Waals surface area contributed by atoms with Gasteiger partial charge in [0.2, 0.25) is 11.8 Å². The fourth-order valence-electron chi connectivity index (χ4n) is 3.47. The van der Waals surface area contributed by atoms with Crippen molar-refractivity contribution in [2.45, 2.75) is 31.7 Å². The van der Waals surface area contributed by atoms with Crippen molar-refractivity contribution in [1.29, 1.82) is 0 Å². The van der Waals surface area contributed by atoms with Crippen LogP contribution in [0.1, 0.15) is 36.3 Å². The summed E-state index contributed by atoms with van der Waals surface area (Å²) in [7, 11) is 0. The number of benzene rings is 1. The zero-order valence-electron chi connectivity index (χ0n) is 13.4. The number of carboxylic acid groups (broad SMARTS) is 1. The second-order valence-electron chi connectivity index (χ2n) is 6.54. The minimum atomic E-state index is -1.02. The molecule has 0 aliphatic carbocycles. The lowest BCUT2D eigenvalue weighted by Gasteiger charge is -2.23. The standard InChI is InChI=1S/C17H18F2N2O4/c18-12-5-9(7-21-4-3-10(8-21)17(24)25)6-13(19)15(12)11-1-2-14(22)20-16(11)23/h5-6,10-11H,1-4,7-8H2,(H,24,25)(H,20,22,23)/t10-,11-/m1/s1. The minimum Gasteiger partial charge on any atom is -0.481 e. The van der Waals surface area contributed by atoms with E-state index in [1.165, 1.54) is 12.1 Å². The number of imide groups is 1. The van der Waals surface area contributed by atoms with E-state index in [0.717, 1.165) is 0 Å². The largest absolute Gasteiger partial charge is 0.481 e. The summed E-state index contributed by atoms with van der Waals surface area (Å²) in [6.45, 7) is 1.13. The van der Waals surface area contributed by atoms with Gasteiger partial charge in [-0.2, -0.15) is 0 Å². The van der Waals surface area contributed by atoms with Gasteiger partial charge < -0.3 is 5.11 Å². The van der Waals surface area contributed by atoms with E-state index in [2.05, 4.69) is 5.32 Å². The van der Waals surface area contributed by atoms with Gasteiger partial charge in [0, 0.05) is 25.1 Å². The molecule has 0 spiro atoms. The molecule has 3 rings (SSSR count). The highest BCUT2D eigenvalue weighted by molar-refractivity contribution is 6.00. The van der Waals surface area contributed by atoms with Gasteiger partial charge in [0.05, 0.1) is 11.8 Å². The van der Waals surface area contributed by atoms with Crippen molar-refractivity contribution in [2.75, 3.05) is 13.1 Å². The van der Waals surface area contributed by atoms with Crippen LogP contribution in [0.3, 0.4) is 0 Å². The number of amides is 2. The van der Waals surface area contributed by atoms with Crippen LogP contribution >= 0.6 is 0 Å². The molecule has 25 heavy (non-hydrogen) atoms. The quantitative estimate of drug-likeness (QED) is 0.800. The third-order valence-corrected chi connectivity index (χ3v) is 4.75. The normalized spacial score (nSPS) is 24.4. The lowest BCUT2D eigenvalue weighted by Crippen LogP contribution is -2.40. The SMILES string of the molecule is O=C1CC[C@H](c2c(F)cc(CN3CC[C@@H](C(=O)O)C3)cc2F)C(=O)N1. The average Bonchev–Trinajstić information content (AvgIpc) is 2.97. The molecule has 2 heterocycles. The van der Waals surface area contributed by atoms with E-state index >= 15 is 0 Å². The highest BCUT2D eigenvalue weighted by atomic mass is 19.1. The summed E-state index contributed by atoms with van der Waals surface area (Å²) in [5.74, 6) is -5.12. The van der Waals surface area contributed by atoms with Gasteiger partial charge in [-0.1, -0.05) is 0 Å². The van der Waals surface area contributed by atoms with E-state index in [-0.39, 0.29) is 24.9 Å². The lowest BCUT2D eigenvalue weighted by atomic mass is 9.89. The van der Waals surface area contributed by atoms with Gasteiger partial charge in [-0.25, -0.2) is 8.78 Å². The Labute approximate surface area is 142 Å². The Morgan fingerprint density at radius 2 is 1.92 bits per heavy atom. The summed E-state index contributed by atoms with van der Waals surface area (Å²) in [6.07, 6.45) is 0.625. The Bertz CT molecular complexity index is 714. The molecule has 0 unspecified atom stereocenters. The van der Waals surface area contributed by atoms with Gasteiger partial charge in [0.25, 0.3) is 0 Å². The molecule has 2 saturated heterocycles. The van der Waals surface area contributed by atoms with Gasteiger partial charge in [-0.15, -0.1) is 0 Å². The maximum absolute atomic E-state index is 14.4. The molecule has 0 saturated carbocycles. The number of carbonyl (C=O) groups excluding carboxylic acids is 2. The van der Waals surface area contributed by atoms with Crippen molar-refractivity contribution in [1.82, 2.24) is 10.2 Å². The molecule has 134 valence electrons. The van der Waals surface area contributed by atoms with Crippen LogP contribution in [-0.4, -0.2) is 40.9 Å². The second kappa shape index (κ2) is 6.87. The minimum absolute atomic E-state index is 0.0430. The molecular weight excluding hydrogens is 334 g/mol. The van der Waals surface area contributed by atoms with Crippen LogP contribution in [0.15, 0.2) is 12.1 Å². The van der Waals surface area contributed by atoms with Crippen LogP contribution in [0.4, 0.5) is 8.78 Å². The molecule has 2 atom stereocenters. The summed E-state index contributed by atoms with van der Waals surface area (Å²) in [4.78, 5) is 35.8. The van der Waals surface area contributed by atoms with Crippen LogP contribution in [-0.2, 0) is 20.9 Å². The number of rotatable bonds is 4. The summed E-state index contributed by atoms with van der Waals surface area (Å²) in [5.41, 5.74) is 0.0654. The van der Waals surface area contributed by atoms with E-state index in [1.807, 2.05) is 4.90 Å². The Morgan fingerprint density at radius 1 is 1.24 bits per heavy atom. The molecule has 0 radical (unpaired) electrons. The topological polar surface area (TPSA) is 86.7 Å². The predicted octanol–water partition coefficient (Wildman–Crippen LogP) is 1.39. The maximum Gasteiger partial charge on any atom is 0.307 e. The maximum atomic E-state index is 14.4. The van der Waals surface area contributed by atoms with Crippen LogP contribution in [0.2, 0.25) is 0 Å². The molecule has 0 aromatic heterocycles. The Kier molecular flexibility index (Phi) is 4.80. The zero-order chi connectivity index (χ0) is 18.1. The number of likely N-dealkylation sites (tertiary alicyclic amines) is 1. The highest BCUT2D eigenvalue weighted by Gasteiger charge is 2.33. The molecule has 2 aliphatic rings. The van der Waals surface area contributed by atoms with Crippen LogP contribution in [0.25, 0.3) is 0 Å². The Hall–Kier alpha value is -2.35. The number of halogens is 2. The number of carbonyl (C=O) groups is 3. The summed E-state index contributed by atoms with van der Waals surface area (Å²) in [6, 6.07) is 2.35. The van der Waals surface area contributed by atoms with E-state index in [4.69, 9.17) is 5.11 Å². The van der Waals surface area contributed by atoms with E-state index in [9.17, 15) is 23.2 Å². The van der Waals surface area contributed by atoms with Crippen molar-refractivity contribution in [2.24, 2.45) is 5.92 Å². The van der Waals surface area contributed by atoms with E-state index < -0.39 is 41.3 Å². The second-order valence-corrected chi connectivity index (χ2v) is 6.54. The molecule has 2 fully saturated rings. The number of hydrogen-bond donors (Lipinski definition) is 2. The summed E-state index contributed by atoms with van der Waals surface area (Å²) >= 11 is 0. The summed E-state index contributed by atoms with van der Waals surface area (Å²) in [5, 5.41) is 11.1. The van der Waals surface area contributed by atoms with Crippen molar-refractivity contribution in [3.8, 4) is 0 Å². The first-order valence-electron chi connectivity index (χ1n) is 8.12. The van der Waals surface area contributed by atoms with E-state index in [1.54, 1.807) is 0 Å². The fraction of sp³-hybridized carbons (Fsp3) is 0.471. The number of hydrogen-bond acceptors (Lipinski definition) is 4. The predicted molar refractivity (Wildman–Crippen MR) is 82.5 cm³/mol. The van der Waals surface area contributed by atoms with Gasteiger partial charge in [-0.05, 0) is 37.1 Å². The molecule has 2 amide bonds. The van der Waals surface area contributed by atoms with Gasteiger partial charge in [0.1, 0.15) is 11.6 Å². The van der Waals surface area contributed by atoms with Crippen LogP contribution < -0.4 is 5.32 Å². The Balaban J connectivity index is 1.76. The van der Waals surface area contributed by atoms with Crippen LogP contribution in [0.5, 0.6) is 0 Å². The number of aliphatic carboxylic acids is 1. The highest BCUT2D eigenvalue weighted by Crippen LogP contribution is 2.30. The molecule has 8 heteroatoms. The molecule has 6 nitrogen and oxygen atoms in total. The van der Waals surface area contributed by atoms with Crippen molar-refractivity contribution in [3.63, 3.8) is 0 Å².